The maximum Gasteiger partial charge on any atom is 0.333 e. The number of hydrogen-bond donors (Lipinski definition) is 1. The van der Waals surface area contributed by atoms with Crippen LogP contribution in [0.15, 0.2) is 67.0 Å². The molecular formula is C29H30ClN3O4. The van der Waals surface area contributed by atoms with Crippen molar-refractivity contribution in [3.05, 3.63) is 83.5 Å². The second-order valence-corrected chi connectivity index (χ2v) is 10.9. The minimum absolute atomic E-state index is 0.122. The number of carbonyl (C=O) groups is 1. The molecule has 1 aliphatic rings. The molecule has 2 heterocycles. The molecule has 0 bridgehead atoms. The number of aliphatic carboxylic acids is 1. The molecule has 1 aliphatic carbocycles. The molecule has 0 aliphatic heterocycles. The number of rotatable bonds is 8. The summed E-state index contributed by atoms with van der Waals surface area (Å²) in [4.78, 5) is 21.0. The predicted octanol–water partition coefficient (Wildman–Crippen LogP) is 6.39. The Bertz CT molecular complexity index is 1410. The monoisotopic (exact) mass is 519 g/mol. The summed E-state index contributed by atoms with van der Waals surface area (Å²) in [5.74, 6) is 0.795. The third-order valence-corrected chi connectivity index (χ3v) is 6.97. The zero-order valence-corrected chi connectivity index (χ0v) is 21.9. The van der Waals surface area contributed by atoms with Crippen LogP contribution in [-0.2, 0) is 16.1 Å². The number of halogens is 1. The van der Waals surface area contributed by atoms with E-state index in [1.165, 1.54) is 0 Å². The highest BCUT2D eigenvalue weighted by Gasteiger charge is 2.41. The average molecular weight is 520 g/mol. The molecule has 37 heavy (non-hydrogen) atoms. The number of carboxylic acids is 1. The first-order chi connectivity index (χ1) is 17.7. The summed E-state index contributed by atoms with van der Waals surface area (Å²) >= 11 is 6.56. The Balaban J connectivity index is 1.39. The Hall–Kier alpha value is -3.42. The van der Waals surface area contributed by atoms with Gasteiger partial charge in [-0.1, -0.05) is 74.8 Å². The molecule has 192 valence electrons. The number of carboxylic acid groups (broad SMARTS) is 1. The van der Waals surface area contributed by atoms with E-state index in [-0.39, 0.29) is 12.0 Å². The van der Waals surface area contributed by atoms with Crippen LogP contribution in [0, 0.1) is 5.41 Å². The minimum Gasteiger partial charge on any atom is -0.489 e. The molecule has 0 spiro atoms. The molecule has 0 saturated heterocycles. The minimum atomic E-state index is -0.934. The Morgan fingerprint density at radius 1 is 1.16 bits per heavy atom. The second kappa shape index (κ2) is 10.1. The quantitative estimate of drug-likeness (QED) is 0.290. The van der Waals surface area contributed by atoms with Gasteiger partial charge in [0.15, 0.2) is 11.3 Å². The normalized spacial score (nSPS) is 18.4. The molecule has 0 radical (unpaired) electrons. The van der Waals surface area contributed by atoms with Crippen molar-refractivity contribution in [2.24, 2.45) is 5.41 Å². The van der Waals surface area contributed by atoms with E-state index in [0.29, 0.717) is 24.6 Å². The maximum absolute atomic E-state index is 11.7. The van der Waals surface area contributed by atoms with Gasteiger partial charge in [-0.15, -0.1) is 0 Å². The SMILES string of the molecule is CC(C)(C)C(O[C@H]1C[C@@H](c2nc(-c3cccc(OCc4ccccc4)c3)c3c(Cl)nccn32)C1)C(=O)O. The van der Waals surface area contributed by atoms with Gasteiger partial charge >= 0.3 is 5.97 Å². The molecule has 1 atom stereocenters. The summed E-state index contributed by atoms with van der Waals surface area (Å²) in [6.07, 6.45) is 3.93. The van der Waals surface area contributed by atoms with Crippen LogP contribution in [0.25, 0.3) is 16.8 Å². The van der Waals surface area contributed by atoms with Crippen LogP contribution in [0.3, 0.4) is 0 Å². The van der Waals surface area contributed by atoms with E-state index < -0.39 is 17.5 Å². The zero-order valence-electron chi connectivity index (χ0n) is 21.1. The predicted molar refractivity (Wildman–Crippen MR) is 142 cm³/mol. The van der Waals surface area contributed by atoms with Gasteiger partial charge in [-0.25, -0.2) is 14.8 Å². The van der Waals surface area contributed by atoms with Crippen molar-refractivity contribution in [3.63, 3.8) is 0 Å². The van der Waals surface area contributed by atoms with Gasteiger partial charge in [0.1, 0.15) is 23.7 Å². The summed E-state index contributed by atoms with van der Waals surface area (Å²) in [5.41, 5.74) is 2.96. The van der Waals surface area contributed by atoms with Crippen LogP contribution in [0.1, 0.15) is 50.9 Å². The molecule has 1 N–H and O–H groups in total. The van der Waals surface area contributed by atoms with Crippen molar-refractivity contribution in [3.8, 4) is 17.0 Å². The van der Waals surface area contributed by atoms with Crippen molar-refractivity contribution in [2.75, 3.05) is 0 Å². The number of nitrogens with zero attached hydrogens (tertiary/aromatic N) is 3. The highest BCUT2D eigenvalue weighted by atomic mass is 35.5. The Morgan fingerprint density at radius 3 is 2.62 bits per heavy atom. The van der Waals surface area contributed by atoms with Gasteiger partial charge in [-0.3, -0.25) is 4.40 Å². The van der Waals surface area contributed by atoms with Crippen LogP contribution in [0.2, 0.25) is 5.15 Å². The first kappa shape index (κ1) is 25.2. The molecule has 1 saturated carbocycles. The molecule has 1 unspecified atom stereocenters. The molecule has 8 heteroatoms. The van der Waals surface area contributed by atoms with Gasteiger partial charge in [0.2, 0.25) is 0 Å². The van der Waals surface area contributed by atoms with Gasteiger partial charge in [-0.05, 0) is 36.0 Å². The number of aromatic nitrogens is 3. The van der Waals surface area contributed by atoms with E-state index in [9.17, 15) is 9.90 Å². The fraction of sp³-hybridized carbons (Fsp3) is 0.345. The number of imidazole rings is 1. The summed E-state index contributed by atoms with van der Waals surface area (Å²) in [6.45, 7) is 6.10. The fourth-order valence-corrected chi connectivity index (χ4v) is 4.94. The molecule has 0 amide bonds. The van der Waals surface area contributed by atoms with Gasteiger partial charge in [0.05, 0.1) is 11.8 Å². The van der Waals surface area contributed by atoms with Crippen LogP contribution < -0.4 is 4.74 Å². The Morgan fingerprint density at radius 2 is 1.92 bits per heavy atom. The first-order valence-corrected chi connectivity index (χ1v) is 12.8. The molecule has 5 rings (SSSR count). The van der Waals surface area contributed by atoms with Gasteiger partial charge < -0.3 is 14.6 Å². The summed E-state index contributed by atoms with van der Waals surface area (Å²) in [6, 6.07) is 17.8. The van der Waals surface area contributed by atoms with E-state index >= 15 is 0 Å². The maximum atomic E-state index is 11.7. The van der Waals surface area contributed by atoms with Crippen molar-refractivity contribution in [1.82, 2.24) is 14.4 Å². The average Bonchev–Trinajstić information content (AvgIpc) is 3.22. The molecule has 1 fully saturated rings. The number of hydrogen-bond acceptors (Lipinski definition) is 5. The van der Waals surface area contributed by atoms with Crippen molar-refractivity contribution in [2.45, 2.75) is 58.3 Å². The second-order valence-electron chi connectivity index (χ2n) is 10.6. The van der Waals surface area contributed by atoms with Gasteiger partial charge in [0.25, 0.3) is 0 Å². The molecule has 2 aromatic heterocycles. The number of ether oxygens (including phenoxy) is 2. The third kappa shape index (κ3) is 5.33. The van der Waals surface area contributed by atoms with E-state index in [1.54, 1.807) is 6.20 Å². The summed E-state index contributed by atoms with van der Waals surface area (Å²) in [7, 11) is 0. The lowest BCUT2D eigenvalue weighted by molar-refractivity contribution is -0.170. The van der Waals surface area contributed by atoms with E-state index in [4.69, 9.17) is 26.1 Å². The van der Waals surface area contributed by atoms with Crippen LogP contribution in [0.5, 0.6) is 5.75 Å². The standard InChI is InChI=1S/C29H30ClN3O4/c1-29(2,3)25(28(34)35)37-22-15-20(16-22)27-32-23(24-26(30)31-12-13-33(24)27)19-10-7-11-21(14-19)36-17-18-8-5-4-6-9-18/h4-14,20,22,25H,15-17H2,1-3H3,(H,34,35)/t20-,22+,25?. The van der Waals surface area contributed by atoms with E-state index in [0.717, 1.165) is 33.9 Å². The van der Waals surface area contributed by atoms with E-state index in [2.05, 4.69) is 4.98 Å². The fourth-order valence-electron chi connectivity index (χ4n) is 4.70. The highest BCUT2D eigenvalue weighted by molar-refractivity contribution is 6.33. The van der Waals surface area contributed by atoms with Crippen LogP contribution in [0.4, 0.5) is 0 Å². The molecule has 2 aromatic carbocycles. The lowest BCUT2D eigenvalue weighted by Crippen LogP contribution is -2.43. The van der Waals surface area contributed by atoms with Crippen molar-refractivity contribution in [1.29, 1.82) is 0 Å². The Kier molecular flexibility index (Phi) is 6.92. The number of fused-ring (bicyclic) bond motifs is 1. The smallest absolute Gasteiger partial charge is 0.333 e. The van der Waals surface area contributed by atoms with E-state index in [1.807, 2.05) is 86.0 Å². The van der Waals surface area contributed by atoms with Gasteiger partial charge in [0, 0.05) is 23.9 Å². The lowest BCUT2D eigenvalue weighted by Gasteiger charge is -2.39. The Labute approximate surface area is 221 Å². The lowest BCUT2D eigenvalue weighted by atomic mass is 9.80. The summed E-state index contributed by atoms with van der Waals surface area (Å²) in [5, 5.41) is 9.99. The van der Waals surface area contributed by atoms with Crippen molar-refractivity contribution < 1.29 is 19.4 Å². The molecule has 7 nitrogen and oxygen atoms in total. The number of benzene rings is 2. The third-order valence-electron chi connectivity index (χ3n) is 6.69. The molecular weight excluding hydrogens is 490 g/mol. The van der Waals surface area contributed by atoms with Gasteiger partial charge in [-0.2, -0.15) is 0 Å². The zero-order chi connectivity index (χ0) is 26.2. The van der Waals surface area contributed by atoms with Crippen LogP contribution in [-0.4, -0.2) is 37.7 Å². The largest absolute Gasteiger partial charge is 0.489 e. The van der Waals surface area contributed by atoms with Crippen LogP contribution >= 0.6 is 11.6 Å². The molecule has 4 aromatic rings. The first-order valence-electron chi connectivity index (χ1n) is 12.4. The van der Waals surface area contributed by atoms with Crippen molar-refractivity contribution >= 4 is 23.1 Å². The topological polar surface area (TPSA) is 86.0 Å². The highest BCUT2D eigenvalue weighted by Crippen LogP contribution is 2.43. The summed E-state index contributed by atoms with van der Waals surface area (Å²) < 4.78 is 14.0.